The number of halogens is 1. The maximum atomic E-state index is 5.21. The van der Waals surface area contributed by atoms with Gasteiger partial charge in [-0.2, -0.15) is 0 Å². The summed E-state index contributed by atoms with van der Waals surface area (Å²) in [5, 5.41) is 10.8. The van der Waals surface area contributed by atoms with Crippen molar-refractivity contribution in [3.05, 3.63) is 52.9 Å². The SMILES string of the molecule is CN=C(NCCc1c(C)noc1C)NCCC(C)N(C)Cc1ccccc1.I. The molecule has 6 nitrogen and oxygen atoms in total. The Hall–Kier alpha value is -1.61. The molecule has 1 unspecified atom stereocenters. The molecule has 1 heterocycles. The van der Waals surface area contributed by atoms with Gasteiger partial charge < -0.3 is 15.2 Å². The van der Waals surface area contributed by atoms with Crippen LogP contribution >= 0.6 is 24.0 Å². The minimum Gasteiger partial charge on any atom is -0.361 e. The number of hydrogen-bond acceptors (Lipinski definition) is 4. The standard InChI is InChI=1S/C21H33N5O.HI/c1-16(26(5)15-19-9-7-6-8-10-19)11-13-23-21(22-4)24-14-12-20-17(2)25-27-18(20)3;/h6-10,16H,11-15H2,1-5H3,(H2,22,23,24);1H. The molecule has 156 valence electrons. The molecule has 0 bridgehead atoms. The highest BCUT2D eigenvalue weighted by molar-refractivity contribution is 14.0. The average molecular weight is 499 g/mol. The van der Waals surface area contributed by atoms with Crippen LogP contribution < -0.4 is 10.6 Å². The van der Waals surface area contributed by atoms with E-state index in [4.69, 9.17) is 4.52 Å². The molecule has 0 saturated carbocycles. The smallest absolute Gasteiger partial charge is 0.190 e. The van der Waals surface area contributed by atoms with E-state index in [0.717, 1.165) is 49.9 Å². The number of aromatic nitrogens is 1. The van der Waals surface area contributed by atoms with Crippen molar-refractivity contribution in [2.24, 2.45) is 4.99 Å². The summed E-state index contributed by atoms with van der Waals surface area (Å²) in [6, 6.07) is 11.1. The van der Waals surface area contributed by atoms with Crippen molar-refractivity contribution in [3.8, 4) is 0 Å². The first kappa shape index (κ1) is 24.4. The van der Waals surface area contributed by atoms with E-state index in [1.807, 2.05) is 13.8 Å². The van der Waals surface area contributed by atoms with Crippen LogP contribution in [-0.4, -0.2) is 49.2 Å². The highest BCUT2D eigenvalue weighted by Crippen LogP contribution is 2.12. The van der Waals surface area contributed by atoms with Crippen molar-refractivity contribution < 1.29 is 4.52 Å². The van der Waals surface area contributed by atoms with Gasteiger partial charge in [0.15, 0.2) is 5.96 Å². The fourth-order valence-electron chi connectivity index (χ4n) is 3.03. The predicted octanol–water partition coefficient (Wildman–Crippen LogP) is 3.53. The second-order valence-electron chi connectivity index (χ2n) is 7.02. The van der Waals surface area contributed by atoms with E-state index in [-0.39, 0.29) is 24.0 Å². The Morgan fingerprint density at radius 1 is 1.18 bits per heavy atom. The zero-order valence-electron chi connectivity index (χ0n) is 17.7. The number of benzene rings is 1. The lowest BCUT2D eigenvalue weighted by Crippen LogP contribution is -2.40. The molecule has 0 radical (unpaired) electrons. The minimum atomic E-state index is 0. The summed E-state index contributed by atoms with van der Waals surface area (Å²) in [4.78, 5) is 6.68. The minimum absolute atomic E-state index is 0. The lowest BCUT2D eigenvalue weighted by Gasteiger charge is -2.25. The second kappa shape index (κ2) is 12.8. The summed E-state index contributed by atoms with van der Waals surface area (Å²) in [5.74, 6) is 1.73. The molecule has 0 saturated heterocycles. The quantitative estimate of drug-likeness (QED) is 0.314. The highest BCUT2D eigenvalue weighted by Gasteiger charge is 2.11. The number of rotatable bonds is 9. The first-order valence-corrected chi connectivity index (χ1v) is 9.61. The Morgan fingerprint density at radius 2 is 1.86 bits per heavy atom. The Balaban J connectivity index is 0.00000392. The number of hydrogen-bond donors (Lipinski definition) is 2. The third kappa shape index (κ3) is 7.79. The van der Waals surface area contributed by atoms with Crippen molar-refractivity contribution in [2.45, 2.75) is 46.2 Å². The van der Waals surface area contributed by atoms with Crippen LogP contribution in [0, 0.1) is 13.8 Å². The van der Waals surface area contributed by atoms with Crippen LogP contribution in [0.3, 0.4) is 0 Å². The molecule has 1 aromatic carbocycles. The normalized spacial score (nSPS) is 12.6. The zero-order chi connectivity index (χ0) is 19.6. The number of guanidine groups is 1. The third-order valence-corrected chi connectivity index (χ3v) is 4.95. The van der Waals surface area contributed by atoms with Gasteiger partial charge in [0.2, 0.25) is 0 Å². The van der Waals surface area contributed by atoms with E-state index in [0.29, 0.717) is 6.04 Å². The van der Waals surface area contributed by atoms with Crippen molar-refractivity contribution in [2.75, 3.05) is 27.2 Å². The lowest BCUT2D eigenvalue weighted by molar-refractivity contribution is 0.238. The van der Waals surface area contributed by atoms with Gasteiger partial charge in [0.25, 0.3) is 0 Å². The maximum Gasteiger partial charge on any atom is 0.190 e. The molecular weight excluding hydrogens is 465 g/mol. The Labute approximate surface area is 186 Å². The van der Waals surface area contributed by atoms with E-state index in [9.17, 15) is 0 Å². The molecule has 7 heteroatoms. The molecule has 1 atom stereocenters. The average Bonchev–Trinajstić information content (AvgIpc) is 2.99. The van der Waals surface area contributed by atoms with Crippen molar-refractivity contribution in [1.29, 1.82) is 0 Å². The van der Waals surface area contributed by atoms with Crippen LogP contribution in [0.1, 0.15) is 35.9 Å². The Bertz CT molecular complexity index is 697. The van der Waals surface area contributed by atoms with Crippen LogP contribution in [0.4, 0.5) is 0 Å². The van der Waals surface area contributed by atoms with Gasteiger partial charge in [-0.25, -0.2) is 0 Å². The third-order valence-electron chi connectivity index (χ3n) is 4.95. The number of aryl methyl sites for hydroxylation is 2. The molecule has 0 aliphatic carbocycles. The molecular formula is C21H34IN5O. The van der Waals surface area contributed by atoms with Crippen LogP contribution in [0.5, 0.6) is 0 Å². The summed E-state index contributed by atoms with van der Waals surface area (Å²) in [5.41, 5.74) is 3.48. The lowest BCUT2D eigenvalue weighted by atomic mass is 10.1. The molecule has 0 fully saturated rings. The predicted molar refractivity (Wildman–Crippen MR) is 126 cm³/mol. The maximum absolute atomic E-state index is 5.21. The van der Waals surface area contributed by atoms with Gasteiger partial charge >= 0.3 is 0 Å². The zero-order valence-corrected chi connectivity index (χ0v) is 20.0. The van der Waals surface area contributed by atoms with Crippen molar-refractivity contribution in [3.63, 3.8) is 0 Å². The first-order chi connectivity index (χ1) is 13.0. The highest BCUT2D eigenvalue weighted by atomic mass is 127. The van der Waals surface area contributed by atoms with Gasteiger partial charge in [0.05, 0.1) is 5.69 Å². The van der Waals surface area contributed by atoms with Gasteiger partial charge in [-0.05, 0) is 46.2 Å². The molecule has 2 N–H and O–H groups in total. The fraction of sp³-hybridized carbons (Fsp3) is 0.524. The van der Waals surface area contributed by atoms with Gasteiger partial charge in [-0.15, -0.1) is 24.0 Å². The van der Waals surface area contributed by atoms with Gasteiger partial charge in [-0.1, -0.05) is 35.5 Å². The van der Waals surface area contributed by atoms with E-state index in [1.165, 1.54) is 11.1 Å². The second-order valence-corrected chi connectivity index (χ2v) is 7.02. The Morgan fingerprint density at radius 3 is 2.46 bits per heavy atom. The molecule has 0 aliphatic heterocycles. The van der Waals surface area contributed by atoms with Crippen molar-refractivity contribution in [1.82, 2.24) is 20.7 Å². The van der Waals surface area contributed by atoms with E-state index < -0.39 is 0 Å². The summed E-state index contributed by atoms with van der Waals surface area (Å²) >= 11 is 0. The molecule has 0 spiro atoms. The topological polar surface area (TPSA) is 65.7 Å². The van der Waals surface area contributed by atoms with Gasteiger partial charge in [0, 0.05) is 38.3 Å². The summed E-state index contributed by atoms with van der Waals surface area (Å²) in [7, 11) is 3.98. The van der Waals surface area contributed by atoms with Crippen LogP contribution in [-0.2, 0) is 13.0 Å². The monoisotopic (exact) mass is 499 g/mol. The molecule has 1 aromatic heterocycles. The van der Waals surface area contributed by atoms with E-state index in [2.05, 4.69) is 70.0 Å². The van der Waals surface area contributed by atoms with E-state index in [1.54, 1.807) is 7.05 Å². The summed E-state index contributed by atoms with van der Waals surface area (Å²) < 4.78 is 5.21. The van der Waals surface area contributed by atoms with Gasteiger partial charge in [-0.3, -0.25) is 9.89 Å². The van der Waals surface area contributed by atoms with Gasteiger partial charge in [0.1, 0.15) is 5.76 Å². The van der Waals surface area contributed by atoms with E-state index >= 15 is 0 Å². The van der Waals surface area contributed by atoms with Crippen molar-refractivity contribution >= 4 is 29.9 Å². The summed E-state index contributed by atoms with van der Waals surface area (Å²) in [6.45, 7) is 8.84. The number of nitrogens with one attached hydrogen (secondary N) is 2. The summed E-state index contributed by atoms with van der Waals surface area (Å²) in [6.07, 6.45) is 1.92. The van der Waals surface area contributed by atoms with Crippen LogP contribution in [0.2, 0.25) is 0 Å². The molecule has 2 rings (SSSR count). The first-order valence-electron chi connectivity index (χ1n) is 9.61. The largest absolute Gasteiger partial charge is 0.361 e. The molecule has 0 amide bonds. The number of nitrogens with zero attached hydrogens (tertiary/aromatic N) is 3. The fourth-order valence-corrected chi connectivity index (χ4v) is 3.03. The van der Waals surface area contributed by atoms with Crippen LogP contribution in [0.25, 0.3) is 0 Å². The molecule has 0 aliphatic rings. The van der Waals surface area contributed by atoms with Crippen LogP contribution in [0.15, 0.2) is 39.8 Å². The molecule has 2 aromatic rings. The Kier molecular flexibility index (Phi) is 11.1. The molecule has 28 heavy (non-hydrogen) atoms. The number of aliphatic imine (C=N–C) groups is 1.